The molecule has 21 heavy (non-hydrogen) atoms. The molecule has 0 aromatic carbocycles. The maximum absolute atomic E-state index is 11.8. The van der Waals surface area contributed by atoms with Gasteiger partial charge in [-0.25, -0.2) is 5.10 Å². The van der Waals surface area contributed by atoms with E-state index in [4.69, 9.17) is 9.47 Å². The Morgan fingerprint density at radius 3 is 2.67 bits per heavy atom. The van der Waals surface area contributed by atoms with Crippen molar-refractivity contribution in [2.24, 2.45) is 0 Å². The van der Waals surface area contributed by atoms with Crippen LogP contribution in [0.15, 0.2) is 24.5 Å². The third kappa shape index (κ3) is 3.26. The molecule has 2 aromatic heterocycles. The summed E-state index contributed by atoms with van der Waals surface area (Å²) in [6.07, 6.45) is 2.71. The Kier molecular flexibility index (Phi) is 4.34. The number of aromatic amines is 1. The minimum atomic E-state index is -0.579. The molecule has 2 amide bonds. The number of nitrogens with zero attached hydrogens (tertiary/aromatic N) is 2. The number of carbonyl (C=O) groups excluding carboxylic acids is 2. The van der Waals surface area contributed by atoms with Crippen LogP contribution in [-0.2, 0) is 0 Å². The van der Waals surface area contributed by atoms with Crippen LogP contribution in [0.3, 0.4) is 0 Å². The van der Waals surface area contributed by atoms with Crippen molar-refractivity contribution in [2.75, 3.05) is 14.2 Å². The molecule has 0 saturated heterocycles. The van der Waals surface area contributed by atoms with E-state index in [0.717, 1.165) is 0 Å². The molecule has 0 unspecified atom stereocenters. The van der Waals surface area contributed by atoms with E-state index in [0.29, 0.717) is 5.75 Å². The van der Waals surface area contributed by atoms with Gasteiger partial charge < -0.3 is 9.47 Å². The Morgan fingerprint density at radius 2 is 1.95 bits per heavy atom. The van der Waals surface area contributed by atoms with E-state index in [2.05, 4.69) is 26.0 Å². The van der Waals surface area contributed by atoms with Gasteiger partial charge in [0.1, 0.15) is 17.0 Å². The van der Waals surface area contributed by atoms with Gasteiger partial charge in [0.05, 0.1) is 20.4 Å². The molecule has 2 rings (SSSR count). The first-order valence-electron chi connectivity index (χ1n) is 5.83. The van der Waals surface area contributed by atoms with E-state index in [1.54, 1.807) is 6.07 Å². The predicted octanol–water partition coefficient (Wildman–Crippen LogP) is -0.103. The highest BCUT2D eigenvalue weighted by atomic mass is 16.5. The van der Waals surface area contributed by atoms with Crippen LogP contribution in [0, 0.1) is 0 Å². The number of ether oxygens (including phenoxy) is 2. The molecular formula is C12H13N5O4. The van der Waals surface area contributed by atoms with Crippen molar-refractivity contribution >= 4 is 11.8 Å². The van der Waals surface area contributed by atoms with Gasteiger partial charge in [-0.15, -0.1) is 0 Å². The van der Waals surface area contributed by atoms with Crippen LogP contribution in [0.1, 0.15) is 20.8 Å². The largest absolute Gasteiger partial charge is 0.497 e. The number of rotatable bonds is 4. The zero-order valence-electron chi connectivity index (χ0n) is 11.3. The van der Waals surface area contributed by atoms with Crippen LogP contribution in [-0.4, -0.2) is 41.2 Å². The van der Waals surface area contributed by atoms with Gasteiger partial charge in [0.15, 0.2) is 0 Å². The summed E-state index contributed by atoms with van der Waals surface area (Å²) in [6, 6.07) is 3.05. The normalized spacial score (nSPS) is 9.81. The molecule has 0 atom stereocenters. The molecule has 9 heteroatoms. The van der Waals surface area contributed by atoms with E-state index in [1.165, 1.54) is 32.7 Å². The van der Waals surface area contributed by atoms with Gasteiger partial charge >= 0.3 is 0 Å². The lowest BCUT2D eigenvalue weighted by atomic mass is 10.3. The second-order valence-corrected chi connectivity index (χ2v) is 3.81. The van der Waals surface area contributed by atoms with Crippen molar-refractivity contribution in [1.82, 2.24) is 26.0 Å². The zero-order valence-corrected chi connectivity index (χ0v) is 11.3. The maximum atomic E-state index is 11.8. The van der Waals surface area contributed by atoms with Crippen molar-refractivity contribution in [3.05, 3.63) is 35.8 Å². The number of pyridine rings is 1. The van der Waals surface area contributed by atoms with Crippen molar-refractivity contribution in [2.45, 2.75) is 0 Å². The van der Waals surface area contributed by atoms with E-state index in [9.17, 15) is 9.59 Å². The fraction of sp³-hybridized carbons (Fsp3) is 0.167. The number of aromatic nitrogens is 3. The first-order chi connectivity index (χ1) is 10.2. The monoisotopic (exact) mass is 291 g/mol. The van der Waals surface area contributed by atoms with Crippen LogP contribution in [0.4, 0.5) is 0 Å². The lowest BCUT2D eigenvalue weighted by Crippen LogP contribution is -2.41. The molecule has 0 aliphatic carbocycles. The van der Waals surface area contributed by atoms with E-state index >= 15 is 0 Å². The molecule has 0 fully saturated rings. The Labute approximate surface area is 119 Å². The number of methoxy groups -OCH3 is 2. The van der Waals surface area contributed by atoms with Gasteiger partial charge in [-0.1, -0.05) is 0 Å². The summed E-state index contributed by atoms with van der Waals surface area (Å²) in [4.78, 5) is 27.6. The highest BCUT2D eigenvalue weighted by molar-refractivity contribution is 5.99. The first kappa shape index (κ1) is 14.3. The highest BCUT2D eigenvalue weighted by Gasteiger charge is 2.16. The fourth-order valence-electron chi connectivity index (χ4n) is 1.50. The van der Waals surface area contributed by atoms with Crippen LogP contribution in [0.25, 0.3) is 0 Å². The lowest BCUT2D eigenvalue weighted by molar-refractivity contribution is 0.0842. The molecule has 2 heterocycles. The smallest absolute Gasteiger partial charge is 0.288 e. The average molecular weight is 291 g/mol. The Bertz CT molecular complexity index is 655. The maximum Gasteiger partial charge on any atom is 0.288 e. The van der Waals surface area contributed by atoms with Crippen molar-refractivity contribution in [3.63, 3.8) is 0 Å². The molecule has 0 saturated carbocycles. The van der Waals surface area contributed by atoms with E-state index in [-0.39, 0.29) is 17.1 Å². The third-order valence-corrected chi connectivity index (χ3v) is 2.54. The summed E-state index contributed by atoms with van der Waals surface area (Å²) in [5, 5.41) is 6.17. The number of hydrazine groups is 1. The van der Waals surface area contributed by atoms with Gasteiger partial charge in [0.2, 0.25) is 5.88 Å². The first-order valence-corrected chi connectivity index (χ1v) is 5.83. The standard InChI is InChI=1S/C12H13N5O4/c1-20-7-3-4-13-9(5-7)11(19)16-15-10(18)8-6-14-17-12(8)21-2/h3-6H,1-2H3,(H,14,17)(H,15,18)(H,16,19). The van der Waals surface area contributed by atoms with Crippen LogP contribution in [0.2, 0.25) is 0 Å². The molecule has 110 valence electrons. The van der Waals surface area contributed by atoms with Gasteiger partial charge in [0.25, 0.3) is 11.8 Å². The summed E-state index contributed by atoms with van der Waals surface area (Å²) >= 11 is 0. The number of amides is 2. The van der Waals surface area contributed by atoms with Crippen LogP contribution in [0.5, 0.6) is 11.6 Å². The van der Waals surface area contributed by atoms with E-state index in [1.807, 2.05) is 0 Å². The van der Waals surface area contributed by atoms with Gasteiger partial charge in [-0.3, -0.25) is 25.4 Å². The molecule has 0 aliphatic heterocycles. The van der Waals surface area contributed by atoms with E-state index < -0.39 is 11.8 Å². The average Bonchev–Trinajstić information content (AvgIpc) is 3.01. The summed E-state index contributed by atoms with van der Waals surface area (Å²) in [6.45, 7) is 0. The van der Waals surface area contributed by atoms with Crippen molar-refractivity contribution < 1.29 is 19.1 Å². The molecule has 0 bridgehead atoms. The van der Waals surface area contributed by atoms with Crippen molar-refractivity contribution in [1.29, 1.82) is 0 Å². The molecule has 0 radical (unpaired) electrons. The molecule has 2 aromatic rings. The third-order valence-electron chi connectivity index (χ3n) is 2.54. The summed E-state index contributed by atoms with van der Waals surface area (Å²) in [7, 11) is 2.87. The number of hydrogen-bond acceptors (Lipinski definition) is 6. The molecule has 0 aliphatic rings. The van der Waals surface area contributed by atoms with Crippen LogP contribution >= 0.6 is 0 Å². The van der Waals surface area contributed by atoms with Crippen molar-refractivity contribution in [3.8, 4) is 11.6 Å². The fourth-order valence-corrected chi connectivity index (χ4v) is 1.50. The van der Waals surface area contributed by atoms with Gasteiger partial charge in [-0.05, 0) is 6.07 Å². The SMILES string of the molecule is COc1ccnc(C(=O)NNC(=O)c2cn[nH]c2OC)c1. The Hall–Kier alpha value is -3.10. The van der Waals surface area contributed by atoms with Gasteiger partial charge in [0, 0.05) is 12.3 Å². The predicted molar refractivity (Wildman–Crippen MR) is 70.9 cm³/mol. The zero-order chi connectivity index (χ0) is 15.2. The second-order valence-electron chi connectivity index (χ2n) is 3.81. The van der Waals surface area contributed by atoms with Crippen LogP contribution < -0.4 is 20.3 Å². The molecular weight excluding hydrogens is 278 g/mol. The minimum Gasteiger partial charge on any atom is -0.497 e. The molecule has 9 nitrogen and oxygen atoms in total. The minimum absolute atomic E-state index is 0.105. The number of nitrogens with one attached hydrogen (secondary N) is 3. The highest BCUT2D eigenvalue weighted by Crippen LogP contribution is 2.12. The Balaban J connectivity index is 1.99. The summed E-state index contributed by atoms with van der Waals surface area (Å²) in [5.74, 6) is -0.471. The molecule has 3 N–H and O–H groups in total. The Morgan fingerprint density at radius 1 is 1.19 bits per heavy atom. The second kappa shape index (κ2) is 6.37. The lowest BCUT2D eigenvalue weighted by Gasteiger charge is -2.07. The number of H-pyrrole nitrogens is 1. The molecule has 0 spiro atoms. The summed E-state index contributed by atoms with van der Waals surface area (Å²) in [5.41, 5.74) is 4.74. The topological polar surface area (TPSA) is 118 Å². The van der Waals surface area contributed by atoms with Gasteiger partial charge in [-0.2, -0.15) is 5.10 Å². The number of carbonyl (C=O) groups is 2. The summed E-state index contributed by atoms with van der Waals surface area (Å²) < 4.78 is 9.89. The number of hydrogen-bond donors (Lipinski definition) is 3. The quantitative estimate of drug-likeness (QED) is 0.677.